The van der Waals surface area contributed by atoms with E-state index < -0.39 is 0 Å². The molecule has 0 aromatic carbocycles. The van der Waals surface area contributed by atoms with E-state index in [9.17, 15) is 0 Å². The zero-order valence-electron chi connectivity index (χ0n) is 8.03. The minimum atomic E-state index is 0.161. The van der Waals surface area contributed by atoms with Crippen LogP contribution in [0.2, 0.25) is 5.15 Å². The molecule has 2 atom stereocenters. The van der Waals surface area contributed by atoms with Gasteiger partial charge in [0.1, 0.15) is 5.15 Å². The summed E-state index contributed by atoms with van der Waals surface area (Å²) < 4.78 is 0. The molecule has 3 nitrogen and oxygen atoms in total. The molecule has 0 fully saturated rings. The number of halogens is 1. The van der Waals surface area contributed by atoms with Gasteiger partial charge in [0.15, 0.2) is 5.13 Å². The molecule has 0 saturated carbocycles. The van der Waals surface area contributed by atoms with Crippen molar-refractivity contribution in [3.63, 3.8) is 0 Å². The summed E-state index contributed by atoms with van der Waals surface area (Å²) in [5.74, 6) is 0. The average Bonchev–Trinajstić information content (AvgIpc) is 2.53. The van der Waals surface area contributed by atoms with Gasteiger partial charge in [-0.2, -0.15) is 11.8 Å². The smallest absolute Gasteiger partial charge is 0.184 e. The fraction of sp³-hybridized carbons (Fsp3) is 0.625. The van der Waals surface area contributed by atoms with Gasteiger partial charge in [-0.05, 0) is 13.2 Å². The molecule has 0 amide bonds. The summed E-state index contributed by atoms with van der Waals surface area (Å²) in [4.78, 5) is 4.08. The van der Waals surface area contributed by atoms with Gasteiger partial charge in [-0.25, -0.2) is 4.98 Å². The Bertz CT molecular complexity index is 278. The van der Waals surface area contributed by atoms with Crippen LogP contribution in [0.1, 0.15) is 6.92 Å². The number of thiazole rings is 1. The molecule has 0 aliphatic heterocycles. The zero-order chi connectivity index (χ0) is 10.6. The van der Waals surface area contributed by atoms with Gasteiger partial charge >= 0.3 is 0 Å². The molecule has 0 aliphatic rings. The fourth-order valence-corrected chi connectivity index (χ4v) is 2.61. The Labute approximate surface area is 96.9 Å². The van der Waals surface area contributed by atoms with Gasteiger partial charge in [-0.15, -0.1) is 11.3 Å². The molecular formula is C8H13ClN2OS2. The quantitative estimate of drug-likeness (QED) is 0.844. The highest BCUT2D eigenvalue weighted by molar-refractivity contribution is 7.99. The van der Waals surface area contributed by atoms with Crippen molar-refractivity contribution in [2.24, 2.45) is 0 Å². The normalized spacial score (nSPS) is 15.1. The lowest BCUT2D eigenvalue weighted by atomic mass is 10.2. The highest BCUT2D eigenvalue weighted by Gasteiger charge is 2.15. The summed E-state index contributed by atoms with van der Waals surface area (Å²) >= 11 is 8.80. The van der Waals surface area contributed by atoms with E-state index >= 15 is 0 Å². The number of aromatic nitrogens is 1. The van der Waals surface area contributed by atoms with E-state index in [1.54, 1.807) is 17.1 Å². The van der Waals surface area contributed by atoms with Crippen LogP contribution in [0.3, 0.4) is 0 Å². The molecule has 1 aromatic rings. The van der Waals surface area contributed by atoms with Crippen molar-refractivity contribution in [3.8, 4) is 0 Å². The topological polar surface area (TPSA) is 45.1 Å². The second-order valence-electron chi connectivity index (χ2n) is 2.87. The number of aliphatic hydroxyl groups is 1. The molecule has 0 aliphatic carbocycles. The summed E-state index contributed by atoms with van der Waals surface area (Å²) in [6.45, 7) is 2.18. The molecule has 6 heteroatoms. The van der Waals surface area contributed by atoms with Crippen LogP contribution in [0.15, 0.2) is 5.38 Å². The fourth-order valence-electron chi connectivity index (χ4n) is 1.04. The minimum absolute atomic E-state index is 0.161. The number of hydrogen-bond acceptors (Lipinski definition) is 5. The lowest BCUT2D eigenvalue weighted by molar-refractivity contribution is 0.288. The first kappa shape index (κ1) is 12.1. The Morgan fingerprint density at radius 2 is 2.50 bits per heavy atom. The third-order valence-corrected chi connectivity index (χ3v) is 4.13. The first-order valence-corrected chi connectivity index (χ1v) is 6.73. The van der Waals surface area contributed by atoms with E-state index in [-0.39, 0.29) is 17.9 Å². The lowest BCUT2D eigenvalue weighted by Gasteiger charge is -2.20. The van der Waals surface area contributed by atoms with E-state index in [0.29, 0.717) is 5.15 Å². The summed E-state index contributed by atoms with van der Waals surface area (Å²) in [7, 11) is 0. The number of nitrogens with zero attached hydrogens (tertiary/aromatic N) is 1. The predicted octanol–water partition coefficient (Wildman–Crippen LogP) is 2.32. The SMILES string of the molecule is CSC(CO)C(C)Nc1nc(Cl)cs1. The van der Waals surface area contributed by atoms with Gasteiger partial charge in [0.05, 0.1) is 6.61 Å². The molecular weight excluding hydrogens is 240 g/mol. The lowest BCUT2D eigenvalue weighted by Crippen LogP contribution is -2.30. The number of rotatable bonds is 5. The molecule has 14 heavy (non-hydrogen) atoms. The Morgan fingerprint density at radius 1 is 1.79 bits per heavy atom. The summed E-state index contributed by atoms with van der Waals surface area (Å²) in [6.07, 6.45) is 1.98. The van der Waals surface area contributed by atoms with Crippen molar-refractivity contribution in [2.75, 3.05) is 18.2 Å². The highest BCUT2D eigenvalue weighted by atomic mass is 35.5. The maximum Gasteiger partial charge on any atom is 0.184 e. The second-order valence-corrected chi connectivity index (χ2v) is 5.19. The van der Waals surface area contributed by atoms with E-state index in [4.69, 9.17) is 16.7 Å². The van der Waals surface area contributed by atoms with Gasteiger partial charge in [0.25, 0.3) is 0 Å². The third kappa shape index (κ3) is 3.31. The Morgan fingerprint density at radius 3 is 2.93 bits per heavy atom. The van der Waals surface area contributed by atoms with Crippen LogP contribution < -0.4 is 5.32 Å². The summed E-state index contributed by atoms with van der Waals surface area (Å²) in [6, 6.07) is 0.178. The van der Waals surface area contributed by atoms with E-state index in [0.717, 1.165) is 5.13 Å². The van der Waals surface area contributed by atoms with Crippen LogP contribution in [0.5, 0.6) is 0 Å². The van der Waals surface area contributed by atoms with Crippen molar-refractivity contribution in [2.45, 2.75) is 18.2 Å². The molecule has 0 bridgehead atoms. The first-order valence-electron chi connectivity index (χ1n) is 4.18. The Balaban J connectivity index is 2.51. The van der Waals surface area contributed by atoms with E-state index in [1.165, 1.54) is 11.3 Å². The molecule has 1 aromatic heterocycles. The molecule has 1 heterocycles. The van der Waals surface area contributed by atoms with Gasteiger partial charge in [0, 0.05) is 16.7 Å². The number of aliphatic hydroxyl groups excluding tert-OH is 1. The van der Waals surface area contributed by atoms with Crippen LogP contribution in [0, 0.1) is 0 Å². The first-order chi connectivity index (χ1) is 6.67. The van der Waals surface area contributed by atoms with Crippen molar-refractivity contribution < 1.29 is 5.11 Å². The molecule has 0 radical (unpaired) electrons. The maximum atomic E-state index is 9.08. The molecule has 0 saturated heterocycles. The average molecular weight is 253 g/mol. The van der Waals surface area contributed by atoms with Crippen molar-refractivity contribution in [1.29, 1.82) is 0 Å². The number of hydrogen-bond donors (Lipinski definition) is 2. The number of thioether (sulfide) groups is 1. The van der Waals surface area contributed by atoms with Crippen LogP contribution in [-0.4, -0.2) is 34.2 Å². The van der Waals surface area contributed by atoms with Crippen LogP contribution >= 0.6 is 34.7 Å². The van der Waals surface area contributed by atoms with Gasteiger partial charge < -0.3 is 10.4 Å². The van der Waals surface area contributed by atoms with Crippen LogP contribution in [0.25, 0.3) is 0 Å². The molecule has 0 spiro atoms. The van der Waals surface area contributed by atoms with Crippen molar-refractivity contribution in [3.05, 3.63) is 10.5 Å². The van der Waals surface area contributed by atoms with Crippen LogP contribution in [0.4, 0.5) is 5.13 Å². The van der Waals surface area contributed by atoms with Gasteiger partial charge in [0.2, 0.25) is 0 Å². The molecule has 2 N–H and O–H groups in total. The van der Waals surface area contributed by atoms with Crippen LogP contribution in [-0.2, 0) is 0 Å². The number of anilines is 1. The van der Waals surface area contributed by atoms with E-state index in [2.05, 4.69) is 10.3 Å². The van der Waals surface area contributed by atoms with Crippen molar-refractivity contribution >= 4 is 39.8 Å². The Kier molecular flexibility index (Phi) is 5.01. The highest BCUT2D eigenvalue weighted by Crippen LogP contribution is 2.22. The predicted molar refractivity (Wildman–Crippen MR) is 64.6 cm³/mol. The second kappa shape index (κ2) is 5.80. The molecule has 1 rings (SSSR count). The molecule has 2 unspecified atom stereocenters. The third-order valence-electron chi connectivity index (χ3n) is 1.87. The van der Waals surface area contributed by atoms with Gasteiger partial charge in [-0.3, -0.25) is 0 Å². The number of nitrogens with one attached hydrogen (secondary N) is 1. The molecule has 80 valence electrons. The maximum absolute atomic E-state index is 9.08. The Hall–Kier alpha value is 0.0300. The summed E-state index contributed by atoms with van der Waals surface area (Å²) in [5, 5.41) is 15.6. The van der Waals surface area contributed by atoms with Crippen molar-refractivity contribution in [1.82, 2.24) is 4.98 Å². The largest absolute Gasteiger partial charge is 0.395 e. The zero-order valence-corrected chi connectivity index (χ0v) is 10.4. The minimum Gasteiger partial charge on any atom is -0.395 e. The monoisotopic (exact) mass is 252 g/mol. The standard InChI is InChI=1S/C8H13ClN2OS2/c1-5(6(3-12)13-2)10-8-11-7(9)4-14-8/h4-6,12H,3H2,1-2H3,(H,10,11). The summed E-state index contributed by atoms with van der Waals surface area (Å²) in [5.41, 5.74) is 0. The van der Waals surface area contributed by atoms with Gasteiger partial charge in [-0.1, -0.05) is 11.6 Å². The van der Waals surface area contributed by atoms with E-state index in [1.807, 2.05) is 13.2 Å².